The predicted molar refractivity (Wildman–Crippen MR) is 81.5 cm³/mol. The van der Waals surface area contributed by atoms with Gasteiger partial charge in [0.1, 0.15) is 0 Å². The quantitative estimate of drug-likeness (QED) is 0.856. The number of benzene rings is 1. The fraction of sp³-hybridized carbons (Fsp3) is 0.267. The van der Waals surface area contributed by atoms with E-state index >= 15 is 0 Å². The van der Waals surface area contributed by atoms with Crippen molar-refractivity contribution in [2.45, 2.75) is 12.5 Å². The Bertz CT molecular complexity index is 684. The number of ether oxygens (including phenoxy) is 1. The summed E-state index contributed by atoms with van der Waals surface area (Å²) in [5, 5.41) is 7.22. The molecule has 22 heavy (non-hydrogen) atoms. The number of carbonyl (C=O) groups excluding carboxylic acids is 2. The van der Waals surface area contributed by atoms with Gasteiger partial charge in [-0.25, -0.2) is 0 Å². The van der Waals surface area contributed by atoms with Crippen LogP contribution in [-0.2, 0) is 16.6 Å². The van der Waals surface area contributed by atoms with E-state index in [4.69, 9.17) is 11.6 Å². The number of rotatable bonds is 5. The van der Waals surface area contributed by atoms with Crippen LogP contribution in [0.15, 0.2) is 36.7 Å². The number of nitrogens with zero attached hydrogens (tertiary/aromatic N) is 2. The Morgan fingerprint density at radius 2 is 2.14 bits per heavy atom. The van der Waals surface area contributed by atoms with E-state index in [1.54, 1.807) is 37.5 Å². The molecule has 6 nitrogen and oxygen atoms in total. The number of hydrogen-bond acceptors (Lipinski definition) is 4. The zero-order valence-electron chi connectivity index (χ0n) is 12.2. The van der Waals surface area contributed by atoms with Crippen LogP contribution in [0, 0.1) is 0 Å². The number of hydrogen-bond donors (Lipinski definition) is 1. The molecule has 116 valence electrons. The third-order valence-electron chi connectivity index (χ3n) is 3.15. The lowest BCUT2D eigenvalue weighted by Crippen LogP contribution is -2.30. The monoisotopic (exact) mass is 321 g/mol. The molecule has 1 N–H and O–H groups in total. The van der Waals surface area contributed by atoms with Gasteiger partial charge in [0.25, 0.3) is 5.91 Å². The van der Waals surface area contributed by atoms with Crippen molar-refractivity contribution < 1.29 is 14.3 Å². The first-order valence-electron chi connectivity index (χ1n) is 6.62. The van der Waals surface area contributed by atoms with Crippen LogP contribution < -0.4 is 5.32 Å². The fourth-order valence-electron chi connectivity index (χ4n) is 2.03. The molecule has 1 heterocycles. The third-order valence-corrected chi connectivity index (χ3v) is 3.50. The molecule has 0 aliphatic carbocycles. The van der Waals surface area contributed by atoms with Crippen molar-refractivity contribution in [1.29, 1.82) is 0 Å². The number of aryl methyl sites for hydroxylation is 1. The standard InChI is InChI=1S/C15H16ClN3O3/c1-19-9-10(8-17-19)15(21)18-13(7-14(20)22-2)11-5-3-4-6-12(11)16/h3-6,8-9,13H,7H2,1-2H3,(H,18,21)/t13-/m1/s1. The smallest absolute Gasteiger partial charge is 0.307 e. The minimum Gasteiger partial charge on any atom is -0.469 e. The summed E-state index contributed by atoms with van der Waals surface area (Å²) in [4.78, 5) is 23.9. The maximum Gasteiger partial charge on any atom is 0.307 e. The van der Waals surface area contributed by atoms with E-state index in [-0.39, 0.29) is 12.3 Å². The summed E-state index contributed by atoms with van der Waals surface area (Å²) in [6.07, 6.45) is 3.04. The average molecular weight is 322 g/mol. The molecule has 0 aliphatic heterocycles. The highest BCUT2D eigenvalue weighted by molar-refractivity contribution is 6.31. The zero-order chi connectivity index (χ0) is 16.1. The SMILES string of the molecule is COC(=O)C[C@@H](NC(=O)c1cnn(C)c1)c1ccccc1Cl. The molecule has 0 bridgehead atoms. The topological polar surface area (TPSA) is 73.2 Å². The van der Waals surface area contributed by atoms with E-state index < -0.39 is 12.0 Å². The Balaban J connectivity index is 2.23. The Morgan fingerprint density at radius 1 is 1.41 bits per heavy atom. The highest BCUT2D eigenvalue weighted by atomic mass is 35.5. The van der Waals surface area contributed by atoms with E-state index in [9.17, 15) is 9.59 Å². The third kappa shape index (κ3) is 3.85. The molecule has 2 aromatic rings. The van der Waals surface area contributed by atoms with E-state index in [1.165, 1.54) is 18.0 Å². The minimum absolute atomic E-state index is 0.00770. The molecule has 0 unspecified atom stereocenters. The van der Waals surface area contributed by atoms with Crippen molar-refractivity contribution >= 4 is 23.5 Å². The van der Waals surface area contributed by atoms with Crippen molar-refractivity contribution in [2.75, 3.05) is 7.11 Å². The van der Waals surface area contributed by atoms with Crippen LogP contribution >= 0.6 is 11.6 Å². The lowest BCUT2D eigenvalue weighted by Gasteiger charge is -2.19. The fourth-order valence-corrected chi connectivity index (χ4v) is 2.29. The summed E-state index contributed by atoms with van der Waals surface area (Å²) in [5.74, 6) is -0.765. The van der Waals surface area contributed by atoms with Crippen LogP contribution in [0.2, 0.25) is 5.02 Å². The number of aromatic nitrogens is 2. The van der Waals surface area contributed by atoms with Gasteiger partial charge < -0.3 is 10.1 Å². The van der Waals surface area contributed by atoms with Crippen molar-refractivity contribution in [3.63, 3.8) is 0 Å². The summed E-state index contributed by atoms with van der Waals surface area (Å²) in [6, 6.07) is 6.47. The van der Waals surface area contributed by atoms with Crippen molar-refractivity contribution in [1.82, 2.24) is 15.1 Å². The number of nitrogens with one attached hydrogen (secondary N) is 1. The molecule has 0 radical (unpaired) electrons. The molecule has 0 aliphatic rings. The summed E-state index contributed by atoms with van der Waals surface area (Å²) < 4.78 is 6.21. The molecule has 0 saturated heterocycles. The Hall–Kier alpha value is -2.34. The molecule has 0 fully saturated rings. The van der Waals surface area contributed by atoms with Crippen LogP contribution in [0.25, 0.3) is 0 Å². The minimum atomic E-state index is -0.575. The molecule has 7 heteroatoms. The van der Waals surface area contributed by atoms with Crippen molar-refractivity contribution in [2.24, 2.45) is 7.05 Å². The summed E-state index contributed by atoms with van der Waals surface area (Å²) >= 11 is 6.16. The molecular weight excluding hydrogens is 306 g/mol. The highest BCUT2D eigenvalue weighted by Gasteiger charge is 2.22. The molecular formula is C15H16ClN3O3. The van der Waals surface area contributed by atoms with Gasteiger partial charge in [-0.05, 0) is 11.6 Å². The average Bonchev–Trinajstić information content (AvgIpc) is 2.93. The molecule has 1 atom stereocenters. The molecule has 1 aromatic heterocycles. The largest absolute Gasteiger partial charge is 0.469 e. The maximum absolute atomic E-state index is 12.3. The Kier molecular flexibility index (Phi) is 5.16. The second-order valence-electron chi connectivity index (χ2n) is 4.73. The van der Waals surface area contributed by atoms with Crippen molar-refractivity contribution in [3.05, 3.63) is 52.8 Å². The number of methoxy groups -OCH3 is 1. The number of esters is 1. The second kappa shape index (κ2) is 7.09. The normalized spacial score (nSPS) is 11.8. The first kappa shape index (κ1) is 16.0. The second-order valence-corrected chi connectivity index (χ2v) is 5.14. The lowest BCUT2D eigenvalue weighted by atomic mass is 10.0. The zero-order valence-corrected chi connectivity index (χ0v) is 13.0. The lowest BCUT2D eigenvalue weighted by molar-refractivity contribution is -0.141. The maximum atomic E-state index is 12.3. The van der Waals surface area contributed by atoms with Gasteiger partial charge in [-0.15, -0.1) is 0 Å². The summed E-state index contributed by atoms with van der Waals surface area (Å²) in [5.41, 5.74) is 1.07. The van der Waals surface area contributed by atoms with Gasteiger partial charge in [0.2, 0.25) is 0 Å². The van der Waals surface area contributed by atoms with Gasteiger partial charge in [-0.3, -0.25) is 14.3 Å². The Labute approximate surface area is 133 Å². The Morgan fingerprint density at radius 3 is 2.73 bits per heavy atom. The molecule has 1 amide bonds. The number of carbonyl (C=O) groups is 2. The molecule has 0 saturated carbocycles. The van der Waals surface area contributed by atoms with Gasteiger partial charge in [-0.2, -0.15) is 5.10 Å². The summed E-state index contributed by atoms with van der Waals surface area (Å²) in [7, 11) is 3.02. The van der Waals surface area contributed by atoms with E-state index in [1.807, 2.05) is 0 Å². The van der Waals surface area contributed by atoms with Gasteiger partial charge in [0.05, 0.1) is 31.3 Å². The van der Waals surface area contributed by atoms with Gasteiger partial charge >= 0.3 is 5.97 Å². The van der Waals surface area contributed by atoms with Crippen LogP contribution in [0.3, 0.4) is 0 Å². The van der Waals surface area contributed by atoms with Crippen LogP contribution in [-0.4, -0.2) is 28.8 Å². The van der Waals surface area contributed by atoms with Gasteiger partial charge in [0.15, 0.2) is 0 Å². The van der Waals surface area contributed by atoms with Crippen LogP contribution in [0.5, 0.6) is 0 Å². The van der Waals surface area contributed by atoms with E-state index in [0.717, 1.165) is 0 Å². The highest BCUT2D eigenvalue weighted by Crippen LogP contribution is 2.25. The molecule has 2 rings (SSSR count). The van der Waals surface area contributed by atoms with Crippen LogP contribution in [0.1, 0.15) is 28.4 Å². The van der Waals surface area contributed by atoms with Crippen LogP contribution in [0.4, 0.5) is 0 Å². The summed E-state index contributed by atoms with van der Waals surface area (Å²) in [6.45, 7) is 0. The van der Waals surface area contributed by atoms with Gasteiger partial charge in [-0.1, -0.05) is 29.8 Å². The van der Waals surface area contributed by atoms with E-state index in [0.29, 0.717) is 16.1 Å². The molecule has 0 spiro atoms. The number of amides is 1. The number of halogens is 1. The van der Waals surface area contributed by atoms with Crippen molar-refractivity contribution in [3.8, 4) is 0 Å². The van der Waals surface area contributed by atoms with E-state index in [2.05, 4.69) is 15.2 Å². The molecule has 1 aromatic carbocycles. The predicted octanol–water partition coefficient (Wildman–Crippen LogP) is 2.11. The first-order valence-corrected chi connectivity index (χ1v) is 7.00. The van der Waals surface area contributed by atoms with Gasteiger partial charge in [0, 0.05) is 18.3 Å². The first-order chi connectivity index (χ1) is 10.5.